The summed E-state index contributed by atoms with van der Waals surface area (Å²) in [6.07, 6.45) is 1.53. The molecular formula is C16H29N3O3S. The Bertz CT molecular complexity index is 642. The van der Waals surface area contributed by atoms with E-state index >= 15 is 0 Å². The summed E-state index contributed by atoms with van der Waals surface area (Å²) in [5.41, 5.74) is 1.26. The van der Waals surface area contributed by atoms with E-state index in [-0.39, 0.29) is 18.2 Å². The molecule has 132 valence electrons. The van der Waals surface area contributed by atoms with E-state index in [2.05, 4.69) is 23.7 Å². The first kappa shape index (κ1) is 18.4. The third-order valence-electron chi connectivity index (χ3n) is 4.14. The molecule has 1 fully saturated rings. The third-order valence-corrected chi connectivity index (χ3v) is 5.91. The van der Waals surface area contributed by atoms with Gasteiger partial charge in [-0.05, 0) is 46.5 Å². The number of ether oxygens (including phenoxy) is 1. The van der Waals surface area contributed by atoms with Gasteiger partial charge in [-0.1, -0.05) is 13.8 Å². The minimum absolute atomic E-state index is 0.0670. The molecule has 0 aromatic carbocycles. The zero-order chi connectivity index (χ0) is 17.4. The summed E-state index contributed by atoms with van der Waals surface area (Å²) in [4.78, 5) is 0.324. The highest BCUT2D eigenvalue weighted by Gasteiger charge is 2.31. The van der Waals surface area contributed by atoms with Crippen molar-refractivity contribution in [2.75, 3.05) is 0 Å². The van der Waals surface area contributed by atoms with Gasteiger partial charge in [0.2, 0.25) is 10.0 Å². The van der Waals surface area contributed by atoms with Crippen LogP contribution in [0.4, 0.5) is 0 Å². The molecule has 0 bridgehead atoms. The molecule has 0 aliphatic carbocycles. The highest BCUT2D eigenvalue weighted by molar-refractivity contribution is 7.89. The quantitative estimate of drug-likeness (QED) is 0.891. The van der Waals surface area contributed by atoms with E-state index in [1.54, 1.807) is 11.6 Å². The Labute approximate surface area is 139 Å². The summed E-state index contributed by atoms with van der Waals surface area (Å²) in [5, 5.41) is 4.41. The SMILES string of the molecule is Cc1nn(CC(C)C)c(C)c1S(=O)(=O)NC1C[C@@H](C)O[C@H](C)C1. The molecule has 2 rings (SSSR count). The molecule has 1 N–H and O–H groups in total. The van der Waals surface area contributed by atoms with Crippen LogP contribution in [0.5, 0.6) is 0 Å². The number of aromatic nitrogens is 2. The minimum atomic E-state index is -3.57. The summed E-state index contributed by atoms with van der Waals surface area (Å²) in [7, 11) is -3.57. The molecule has 6 nitrogen and oxygen atoms in total. The zero-order valence-corrected chi connectivity index (χ0v) is 15.8. The van der Waals surface area contributed by atoms with Crippen LogP contribution in [0.25, 0.3) is 0 Å². The van der Waals surface area contributed by atoms with Gasteiger partial charge in [-0.2, -0.15) is 5.10 Å². The second-order valence-electron chi connectivity index (χ2n) is 7.12. The Kier molecular flexibility index (Phi) is 5.53. The molecule has 0 unspecified atom stereocenters. The maximum atomic E-state index is 12.8. The molecule has 0 saturated carbocycles. The average molecular weight is 343 g/mol. The van der Waals surface area contributed by atoms with Crippen LogP contribution in [0.3, 0.4) is 0 Å². The van der Waals surface area contributed by atoms with Gasteiger partial charge in [-0.25, -0.2) is 13.1 Å². The number of nitrogens with one attached hydrogen (secondary N) is 1. The Balaban J connectivity index is 2.24. The fourth-order valence-electron chi connectivity index (χ4n) is 3.37. The second-order valence-corrected chi connectivity index (χ2v) is 8.77. The molecule has 1 aromatic rings. The van der Waals surface area contributed by atoms with Crippen LogP contribution in [0.1, 0.15) is 51.9 Å². The van der Waals surface area contributed by atoms with Crippen molar-refractivity contribution in [2.24, 2.45) is 5.92 Å². The summed E-state index contributed by atoms with van der Waals surface area (Å²) in [6, 6.07) is -0.0917. The molecule has 7 heteroatoms. The monoisotopic (exact) mass is 343 g/mol. The summed E-state index contributed by atoms with van der Waals surface area (Å²) in [5.74, 6) is 0.411. The summed E-state index contributed by atoms with van der Waals surface area (Å²) >= 11 is 0. The molecule has 2 heterocycles. The zero-order valence-electron chi connectivity index (χ0n) is 15.0. The van der Waals surface area contributed by atoms with Gasteiger partial charge in [0.25, 0.3) is 0 Å². The fourth-order valence-corrected chi connectivity index (χ4v) is 5.05. The normalized spacial score (nSPS) is 26.0. The van der Waals surface area contributed by atoms with Crippen molar-refractivity contribution >= 4 is 10.0 Å². The van der Waals surface area contributed by atoms with Gasteiger partial charge in [-0.3, -0.25) is 4.68 Å². The lowest BCUT2D eigenvalue weighted by atomic mass is 10.0. The van der Waals surface area contributed by atoms with Crippen LogP contribution in [0.2, 0.25) is 0 Å². The highest BCUT2D eigenvalue weighted by Crippen LogP contribution is 2.24. The van der Waals surface area contributed by atoms with Crippen molar-refractivity contribution in [2.45, 2.75) is 84.1 Å². The van der Waals surface area contributed by atoms with E-state index in [1.165, 1.54) is 0 Å². The summed E-state index contributed by atoms with van der Waals surface area (Å²) in [6.45, 7) is 12.4. The topological polar surface area (TPSA) is 73.2 Å². The van der Waals surface area contributed by atoms with Crippen LogP contribution in [-0.4, -0.2) is 36.4 Å². The van der Waals surface area contributed by atoms with Crippen molar-refractivity contribution in [3.63, 3.8) is 0 Å². The standard InChI is InChI=1S/C16H29N3O3S/c1-10(2)9-19-14(6)16(13(5)17-19)23(20,21)18-15-7-11(3)22-12(4)8-15/h10-12,15,18H,7-9H2,1-6H3/t11-,12-/m1/s1. The Morgan fingerprint density at radius 1 is 1.26 bits per heavy atom. The first-order chi connectivity index (χ1) is 10.6. The predicted molar refractivity (Wildman–Crippen MR) is 89.9 cm³/mol. The van der Waals surface area contributed by atoms with Crippen LogP contribution >= 0.6 is 0 Å². The number of aryl methyl sites for hydroxylation is 1. The van der Waals surface area contributed by atoms with Crippen LogP contribution in [-0.2, 0) is 21.3 Å². The van der Waals surface area contributed by atoms with E-state index in [0.29, 0.717) is 41.6 Å². The molecule has 1 aliphatic heterocycles. The number of nitrogens with zero attached hydrogens (tertiary/aromatic N) is 2. The minimum Gasteiger partial charge on any atom is -0.375 e. The predicted octanol–water partition coefficient (Wildman–Crippen LogP) is 2.39. The van der Waals surface area contributed by atoms with Crippen molar-refractivity contribution in [3.05, 3.63) is 11.4 Å². The molecule has 2 atom stereocenters. The van der Waals surface area contributed by atoms with Crippen LogP contribution in [0.15, 0.2) is 4.90 Å². The number of rotatable bonds is 5. The lowest BCUT2D eigenvalue weighted by molar-refractivity contribution is -0.0388. The third kappa shape index (κ3) is 4.33. The van der Waals surface area contributed by atoms with Gasteiger partial charge in [0.15, 0.2) is 0 Å². The van der Waals surface area contributed by atoms with Gasteiger partial charge < -0.3 is 4.74 Å². The van der Waals surface area contributed by atoms with Gasteiger partial charge in [-0.15, -0.1) is 0 Å². The Morgan fingerprint density at radius 2 is 1.83 bits per heavy atom. The Hall–Kier alpha value is -0.920. The van der Waals surface area contributed by atoms with Crippen molar-refractivity contribution < 1.29 is 13.2 Å². The van der Waals surface area contributed by atoms with Gasteiger partial charge in [0.1, 0.15) is 4.90 Å². The lowest BCUT2D eigenvalue weighted by Crippen LogP contribution is -2.44. The van der Waals surface area contributed by atoms with Crippen molar-refractivity contribution in [1.82, 2.24) is 14.5 Å². The Morgan fingerprint density at radius 3 is 2.35 bits per heavy atom. The number of hydrogen-bond acceptors (Lipinski definition) is 4. The molecular weight excluding hydrogens is 314 g/mol. The van der Waals surface area contributed by atoms with Gasteiger partial charge >= 0.3 is 0 Å². The number of sulfonamides is 1. The maximum Gasteiger partial charge on any atom is 0.244 e. The molecule has 1 aromatic heterocycles. The van der Waals surface area contributed by atoms with Gasteiger partial charge in [0, 0.05) is 12.6 Å². The molecule has 0 spiro atoms. The molecule has 0 amide bonds. The van der Waals surface area contributed by atoms with Crippen molar-refractivity contribution in [3.8, 4) is 0 Å². The van der Waals surface area contributed by atoms with Crippen molar-refractivity contribution in [1.29, 1.82) is 0 Å². The van der Waals surface area contributed by atoms with Gasteiger partial charge in [0.05, 0.1) is 23.6 Å². The van der Waals surface area contributed by atoms with Crippen LogP contribution < -0.4 is 4.72 Å². The van der Waals surface area contributed by atoms with E-state index < -0.39 is 10.0 Å². The summed E-state index contributed by atoms with van der Waals surface area (Å²) < 4.78 is 36.0. The lowest BCUT2D eigenvalue weighted by Gasteiger charge is -2.32. The first-order valence-electron chi connectivity index (χ1n) is 8.32. The molecule has 1 saturated heterocycles. The van der Waals surface area contributed by atoms with E-state index in [0.717, 1.165) is 0 Å². The second kappa shape index (κ2) is 6.91. The number of hydrogen-bond donors (Lipinski definition) is 1. The van der Waals surface area contributed by atoms with E-state index in [4.69, 9.17) is 4.74 Å². The average Bonchev–Trinajstić information content (AvgIpc) is 2.61. The molecule has 1 aliphatic rings. The van der Waals surface area contributed by atoms with E-state index in [1.807, 2.05) is 20.8 Å². The highest BCUT2D eigenvalue weighted by atomic mass is 32.2. The van der Waals surface area contributed by atoms with E-state index in [9.17, 15) is 8.42 Å². The first-order valence-corrected chi connectivity index (χ1v) is 9.80. The maximum absolute atomic E-state index is 12.8. The van der Waals surface area contributed by atoms with Crippen LogP contribution in [0, 0.1) is 19.8 Å². The largest absolute Gasteiger partial charge is 0.375 e. The fraction of sp³-hybridized carbons (Fsp3) is 0.812. The molecule has 23 heavy (non-hydrogen) atoms. The molecule has 0 radical (unpaired) electrons. The smallest absolute Gasteiger partial charge is 0.244 e.